The fourth-order valence-corrected chi connectivity index (χ4v) is 3.27. The minimum atomic E-state index is -0.706. The van der Waals surface area contributed by atoms with Crippen LogP contribution in [0.4, 0.5) is 5.13 Å². The van der Waals surface area contributed by atoms with Crippen LogP contribution in [0.25, 0.3) is 0 Å². The molecule has 1 aromatic rings. The highest BCUT2D eigenvalue weighted by molar-refractivity contribution is 8.01. The molecule has 2 rings (SSSR count). The van der Waals surface area contributed by atoms with Crippen LogP contribution in [0.2, 0.25) is 0 Å². The third-order valence-electron chi connectivity index (χ3n) is 2.52. The molecule has 2 atom stereocenters. The molecular weight excluding hydrogens is 274 g/mol. The molecule has 0 aromatic carbocycles. The van der Waals surface area contributed by atoms with Crippen LogP contribution in [0.5, 0.6) is 0 Å². The third-order valence-corrected chi connectivity index (χ3v) is 4.68. The molecule has 18 heavy (non-hydrogen) atoms. The summed E-state index contributed by atoms with van der Waals surface area (Å²) in [6.45, 7) is 1.39. The number of nitrogens with zero attached hydrogens (tertiary/aromatic N) is 2. The Morgan fingerprint density at radius 3 is 3.17 bits per heavy atom. The average Bonchev–Trinajstić information content (AvgIpc) is 3.04. The normalized spacial score (nSPS) is 21.1. The van der Waals surface area contributed by atoms with Crippen LogP contribution < -0.4 is 5.32 Å². The highest BCUT2D eigenvalue weighted by atomic mass is 32.2. The van der Waals surface area contributed by atoms with Crippen molar-refractivity contribution in [2.24, 2.45) is 0 Å². The zero-order valence-corrected chi connectivity index (χ0v) is 11.5. The molecule has 0 bridgehead atoms. The maximum absolute atomic E-state index is 9.23. The number of ether oxygens (including phenoxy) is 1. The van der Waals surface area contributed by atoms with Gasteiger partial charge < -0.3 is 20.3 Å². The lowest BCUT2D eigenvalue weighted by Crippen LogP contribution is -2.18. The molecule has 102 valence electrons. The van der Waals surface area contributed by atoms with Crippen molar-refractivity contribution in [1.82, 2.24) is 10.2 Å². The molecule has 2 heterocycles. The maximum atomic E-state index is 9.23. The van der Waals surface area contributed by atoms with E-state index < -0.39 is 6.10 Å². The van der Waals surface area contributed by atoms with Gasteiger partial charge in [-0.2, -0.15) is 0 Å². The van der Waals surface area contributed by atoms with Crippen molar-refractivity contribution < 1.29 is 14.9 Å². The molecule has 0 aliphatic carbocycles. The van der Waals surface area contributed by atoms with Gasteiger partial charge in [0, 0.05) is 18.9 Å². The fourth-order valence-electron chi connectivity index (χ4n) is 1.57. The number of hydrogen-bond donors (Lipinski definition) is 3. The van der Waals surface area contributed by atoms with Crippen LogP contribution in [0.1, 0.15) is 12.8 Å². The van der Waals surface area contributed by atoms with Crippen molar-refractivity contribution in [2.75, 3.05) is 30.8 Å². The molecule has 8 heteroatoms. The molecule has 1 saturated heterocycles. The zero-order valence-electron chi connectivity index (χ0n) is 9.91. The number of aliphatic hydroxyl groups is 2. The molecule has 6 nitrogen and oxygen atoms in total. The van der Waals surface area contributed by atoms with Gasteiger partial charge >= 0.3 is 0 Å². The van der Waals surface area contributed by atoms with Gasteiger partial charge in [-0.15, -0.1) is 10.2 Å². The number of aliphatic hydroxyl groups excluding tert-OH is 2. The third kappa shape index (κ3) is 4.36. The van der Waals surface area contributed by atoms with E-state index in [0.717, 1.165) is 35.5 Å². The molecule has 1 aromatic heterocycles. The number of hydrogen-bond acceptors (Lipinski definition) is 8. The largest absolute Gasteiger partial charge is 0.394 e. The van der Waals surface area contributed by atoms with Crippen molar-refractivity contribution in [3.8, 4) is 0 Å². The van der Waals surface area contributed by atoms with Gasteiger partial charge in [0.05, 0.1) is 18.8 Å². The van der Waals surface area contributed by atoms with Crippen LogP contribution in [0.3, 0.4) is 0 Å². The second-order valence-electron chi connectivity index (χ2n) is 4.04. The van der Waals surface area contributed by atoms with Gasteiger partial charge in [-0.3, -0.25) is 0 Å². The van der Waals surface area contributed by atoms with Crippen molar-refractivity contribution in [2.45, 2.75) is 29.4 Å². The summed E-state index contributed by atoms with van der Waals surface area (Å²) in [5.74, 6) is 0.427. The fraction of sp³-hybridized carbons (Fsp3) is 0.800. The summed E-state index contributed by atoms with van der Waals surface area (Å²) in [4.78, 5) is 0. The van der Waals surface area contributed by atoms with Crippen molar-refractivity contribution in [1.29, 1.82) is 0 Å². The van der Waals surface area contributed by atoms with Gasteiger partial charge in [0.1, 0.15) is 0 Å². The first-order chi connectivity index (χ1) is 8.78. The van der Waals surface area contributed by atoms with E-state index in [1.54, 1.807) is 0 Å². The standard InChI is InChI=1S/C10H17N3O3S2/c14-5-7(15)6-17-10-13-12-9(18-10)11-4-8-2-1-3-16-8/h7-8,14-15H,1-6H2,(H,11,12)/t7-,8+/m0/s1. The van der Waals surface area contributed by atoms with E-state index in [-0.39, 0.29) is 12.7 Å². The summed E-state index contributed by atoms with van der Waals surface area (Å²) in [6.07, 6.45) is 1.79. The Morgan fingerprint density at radius 2 is 2.44 bits per heavy atom. The lowest BCUT2D eigenvalue weighted by atomic mass is 10.2. The second kappa shape index (κ2) is 7.25. The van der Waals surface area contributed by atoms with E-state index in [2.05, 4.69) is 15.5 Å². The number of aromatic nitrogens is 2. The van der Waals surface area contributed by atoms with Gasteiger partial charge in [-0.1, -0.05) is 23.1 Å². The molecule has 1 aliphatic rings. The minimum Gasteiger partial charge on any atom is -0.394 e. The predicted octanol–water partition coefficient (Wildman–Crippen LogP) is 0.574. The van der Waals surface area contributed by atoms with Gasteiger partial charge in [-0.05, 0) is 12.8 Å². The van der Waals surface area contributed by atoms with Crippen LogP contribution in [0, 0.1) is 0 Å². The smallest absolute Gasteiger partial charge is 0.206 e. The predicted molar refractivity (Wildman–Crippen MR) is 71.2 cm³/mol. The molecule has 0 amide bonds. The van der Waals surface area contributed by atoms with E-state index in [4.69, 9.17) is 9.84 Å². The summed E-state index contributed by atoms with van der Waals surface area (Å²) < 4.78 is 6.29. The SMILES string of the molecule is OC[C@H](O)CSc1nnc(NC[C@H]2CCCO2)s1. The number of thioether (sulfide) groups is 1. The van der Waals surface area contributed by atoms with Gasteiger partial charge in [-0.25, -0.2) is 0 Å². The van der Waals surface area contributed by atoms with Gasteiger partial charge in [0.15, 0.2) is 4.34 Å². The minimum absolute atomic E-state index is 0.226. The number of anilines is 1. The summed E-state index contributed by atoms with van der Waals surface area (Å²) in [5.41, 5.74) is 0. The van der Waals surface area contributed by atoms with Crippen LogP contribution in [0.15, 0.2) is 4.34 Å². The van der Waals surface area contributed by atoms with Crippen LogP contribution >= 0.6 is 23.1 Å². The Labute approximate surface area is 114 Å². The average molecular weight is 291 g/mol. The van der Waals surface area contributed by atoms with Crippen LogP contribution in [-0.2, 0) is 4.74 Å². The topological polar surface area (TPSA) is 87.5 Å². The van der Waals surface area contributed by atoms with E-state index >= 15 is 0 Å². The Balaban J connectivity index is 1.71. The van der Waals surface area contributed by atoms with Crippen LogP contribution in [-0.4, -0.2) is 58.1 Å². The number of nitrogens with one attached hydrogen (secondary N) is 1. The highest BCUT2D eigenvalue weighted by Crippen LogP contribution is 2.26. The molecule has 1 fully saturated rings. The molecule has 0 spiro atoms. The summed E-state index contributed by atoms with van der Waals surface area (Å²) in [6, 6.07) is 0. The number of rotatable bonds is 7. The van der Waals surface area contributed by atoms with E-state index in [9.17, 15) is 5.11 Å². The van der Waals surface area contributed by atoms with Crippen molar-refractivity contribution >= 4 is 28.2 Å². The summed E-state index contributed by atoms with van der Waals surface area (Å²) in [5, 5.41) is 29.9. The second-order valence-corrected chi connectivity index (χ2v) is 6.28. The molecule has 0 unspecified atom stereocenters. The first-order valence-corrected chi connectivity index (χ1v) is 7.69. The lowest BCUT2D eigenvalue weighted by molar-refractivity contribution is 0.113. The van der Waals surface area contributed by atoms with E-state index in [0.29, 0.717) is 5.75 Å². The highest BCUT2D eigenvalue weighted by Gasteiger charge is 2.16. The Hall–Kier alpha value is -0.410. The summed E-state index contributed by atoms with van der Waals surface area (Å²) >= 11 is 2.85. The molecule has 0 saturated carbocycles. The molecule has 1 aliphatic heterocycles. The Kier molecular flexibility index (Phi) is 5.64. The summed E-state index contributed by atoms with van der Waals surface area (Å²) in [7, 11) is 0. The first-order valence-electron chi connectivity index (χ1n) is 5.88. The van der Waals surface area contributed by atoms with Gasteiger partial charge in [0.2, 0.25) is 5.13 Å². The maximum Gasteiger partial charge on any atom is 0.206 e. The monoisotopic (exact) mass is 291 g/mol. The Morgan fingerprint density at radius 1 is 1.56 bits per heavy atom. The lowest BCUT2D eigenvalue weighted by Gasteiger charge is -2.08. The first kappa shape index (κ1) is 14.0. The van der Waals surface area contributed by atoms with Gasteiger partial charge in [0.25, 0.3) is 0 Å². The Bertz CT molecular complexity index is 358. The van der Waals surface area contributed by atoms with E-state index in [1.165, 1.54) is 23.1 Å². The molecule has 3 N–H and O–H groups in total. The van der Waals surface area contributed by atoms with E-state index in [1.807, 2.05) is 0 Å². The van der Waals surface area contributed by atoms with Crippen molar-refractivity contribution in [3.63, 3.8) is 0 Å². The van der Waals surface area contributed by atoms with Crippen molar-refractivity contribution in [3.05, 3.63) is 0 Å². The molecule has 0 radical (unpaired) electrons. The quantitative estimate of drug-likeness (QED) is 0.633. The molecular formula is C10H17N3O3S2. The zero-order chi connectivity index (χ0) is 12.8.